The van der Waals surface area contributed by atoms with Crippen LogP contribution in [0.3, 0.4) is 0 Å². The van der Waals surface area contributed by atoms with Crippen LogP contribution in [0.15, 0.2) is 200 Å². The molecule has 82 heavy (non-hydrogen) atoms. The Labute approximate surface area is 480 Å². The van der Waals surface area contributed by atoms with Crippen LogP contribution in [0.1, 0.15) is 111 Å². The van der Waals surface area contributed by atoms with Crippen LogP contribution >= 0.6 is 0 Å². The Kier molecular flexibility index (Phi) is 11.2. The quantitative estimate of drug-likeness (QED) is 0.169. The molecule has 5 heteroatoms. The van der Waals surface area contributed by atoms with E-state index in [-0.39, 0.29) is 21.7 Å². The molecule has 0 N–H and O–H groups in total. The molecule has 0 unspecified atom stereocenters. The molecule has 0 saturated heterocycles. The summed E-state index contributed by atoms with van der Waals surface area (Å²) in [5.41, 5.74) is 19.0. The van der Waals surface area contributed by atoms with Gasteiger partial charge in [-0.05, 0) is 122 Å². The van der Waals surface area contributed by atoms with Gasteiger partial charge in [0.1, 0.15) is 11.6 Å². The Morgan fingerprint density at radius 2 is 0.512 bits per heavy atom. The van der Waals surface area contributed by atoms with Crippen molar-refractivity contribution >= 4 is 87.2 Å². The Morgan fingerprint density at radius 3 is 0.780 bits per heavy atom. The van der Waals surface area contributed by atoms with E-state index in [2.05, 4.69) is 308 Å². The van der Waals surface area contributed by atoms with E-state index in [0.29, 0.717) is 5.56 Å². The molecule has 4 aromatic heterocycles. The first-order valence-corrected chi connectivity index (χ1v) is 29.1. The molecule has 0 atom stereocenters. The minimum Gasteiger partial charge on any atom is -0.306 e. The van der Waals surface area contributed by atoms with Crippen molar-refractivity contribution in [1.82, 2.24) is 18.3 Å². The Bertz CT molecular complexity index is 4470. The van der Waals surface area contributed by atoms with Gasteiger partial charge < -0.3 is 18.3 Å². The Morgan fingerprint density at radius 1 is 0.268 bits per heavy atom. The van der Waals surface area contributed by atoms with Gasteiger partial charge in [0.15, 0.2) is 0 Å². The van der Waals surface area contributed by atoms with Gasteiger partial charge in [-0.15, -0.1) is 0 Å². The molecule has 0 bridgehead atoms. The van der Waals surface area contributed by atoms with E-state index < -0.39 is 0 Å². The number of benzene rings is 10. The number of para-hydroxylation sites is 4. The third kappa shape index (κ3) is 7.64. The first-order valence-electron chi connectivity index (χ1n) is 29.1. The molecule has 0 spiro atoms. The summed E-state index contributed by atoms with van der Waals surface area (Å²) < 4.78 is 9.92. The number of rotatable bonds is 5. The zero-order valence-electron chi connectivity index (χ0n) is 49.3. The van der Waals surface area contributed by atoms with Crippen molar-refractivity contribution in [3.05, 3.63) is 228 Å². The topological polar surface area (TPSA) is 43.5 Å². The van der Waals surface area contributed by atoms with E-state index in [1.54, 1.807) is 0 Å². The lowest BCUT2D eigenvalue weighted by molar-refractivity contribution is 0.590. The van der Waals surface area contributed by atoms with Crippen molar-refractivity contribution in [2.75, 3.05) is 0 Å². The van der Waals surface area contributed by atoms with Gasteiger partial charge in [-0.1, -0.05) is 210 Å². The summed E-state index contributed by atoms with van der Waals surface area (Å²) >= 11 is 0. The highest BCUT2D eigenvalue weighted by atomic mass is 15.1. The molecule has 0 amide bonds. The Hall–Kier alpha value is -9.11. The highest BCUT2D eigenvalue weighted by Crippen LogP contribution is 2.53. The summed E-state index contributed by atoms with van der Waals surface area (Å²) in [7, 11) is 0. The van der Waals surface area contributed by atoms with Crippen LogP contribution in [-0.2, 0) is 21.7 Å². The largest absolute Gasteiger partial charge is 0.306 e. The lowest BCUT2D eigenvalue weighted by atomic mass is 9.85. The van der Waals surface area contributed by atoms with E-state index in [0.717, 1.165) is 99.6 Å². The molecule has 0 radical (unpaired) electrons. The van der Waals surface area contributed by atoms with Crippen molar-refractivity contribution in [3.8, 4) is 39.9 Å². The third-order valence-corrected chi connectivity index (χ3v) is 17.6. The summed E-state index contributed by atoms with van der Waals surface area (Å²) in [6.45, 7) is 27.7. The highest BCUT2D eigenvalue weighted by Gasteiger charge is 2.36. The van der Waals surface area contributed by atoms with Gasteiger partial charge in [0, 0.05) is 48.7 Å². The van der Waals surface area contributed by atoms with Crippen molar-refractivity contribution in [2.45, 2.75) is 105 Å². The SMILES string of the molecule is CC(C)(C)c1ccc2c(c1)c1cc(C(C)(C)C)ccc1n2-c1c(-c2ccccc2)c(-n2c3ccc(C(C)(C)C)cc3c3cc(C(C)(C)C)ccc32)c(-n2c3ccccc3c3ccccc32)c(C#N)c1-n1c2ccccc2c2ccccc21. The van der Waals surface area contributed by atoms with E-state index in [1.165, 1.54) is 43.8 Å². The number of hydrogen-bond donors (Lipinski definition) is 0. The van der Waals surface area contributed by atoms with Gasteiger partial charge >= 0.3 is 0 Å². The van der Waals surface area contributed by atoms with Crippen LogP contribution in [0.4, 0.5) is 0 Å². The normalized spacial score (nSPS) is 12.9. The molecular weight excluding hydrogens is 995 g/mol. The number of aromatic nitrogens is 4. The maximum absolute atomic E-state index is 13.1. The molecule has 0 aliphatic heterocycles. The van der Waals surface area contributed by atoms with Crippen LogP contribution in [0.25, 0.3) is 121 Å². The number of hydrogen-bond acceptors (Lipinski definition) is 1. The minimum atomic E-state index is -0.116. The van der Waals surface area contributed by atoms with Gasteiger partial charge in [0.2, 0.25) is 0 Å². The van der Waals surface area contributed by atoms with Gasteiger partial charge in [0.25, 0.3) is 0 Å². The van der Waals surface area contributed by atoms with Crippen LogP contribution < -0.4 is 0 Å². The maximum atomic E-state index is 13.1. The predicted octanol–water partition coefficient (Wildman–Crippen LogP) is 20.8. The second kappa shape index (κ2) is 17.9. The van der Waals surface area contributed by atoms with E-state index in [9.17, 15) is 5.26 Å². The van der Waals surface area contributed by atoms with Gasteiger partial charge in [-0.3, -0.25) is 0 Å². The lowest BCUT2D eigenvalue weighted by Crippen LogP contribution is -2.16. The summed E-state index contributed by atoms with van der Waals surface area (Å²) in [5.74, 6) is 0. The van der Waals surface area contributed by atoms with Crippen molar-refractivity contribution in [2.24, 2.45) is 0 Å². The molecule has 402 valence electrons. The first kappa shape index (κ1) is 51.1. The van der Waals surface area contributed by atoms with Crippen LogP contribution in [-0.4, -0.2) is 18.3 Å². The molecule has 0 aliphatic carbocycles. The molecule has 5 nitrogen and oxygen atoms in total. The van der Waals surface area contributed by atoms with Crippen molar-refractivity contribution in [1.29, 1.82) is 5.26 Å². The molecule has 0 fully saturated rings. The van der Waals surface area contributed by atoms with Crippen LogP contribution in [0, 0.1) is 11.3 Å². The number of fused-ring (bicyclic) bond motifs is 12. The fourth-order valence-corrected chi connectivity index (χ4v) is 13.3. The molecule has 10 aromatic carbocycles. The molecule has 14 aromatic rings. The highest BCUT2D eigenvalue weighted by molar-refractivity contribution is 6.17. The monoisotopic (exact) mass is 1060 g/mol. The standard InChI is InChI=1S/C77H69N5/c1-74(2,3)48-34-38-65-56(42-48)57-43-49(75(4,5)6)35-39-66(57)81(65)72-69(47-24-14-13-15-25-47)73(82-67-40-36-50(76(7,8)9)44-58(67)59-45-51(77(10,11)12)37-41-68(59)82)71(80-63-32-22-18-28-54(63)55-29-19-23-33-64(55)80)60(46-78)70(72)79-61-30-20-16-26-52(61)53-27-17-21-31-62(53)79/h13-45H,1-12H3. The molecular formula is C77H69N5. The molecule has 14 rings (SSSR count). The minimum absolute atomic E-state index is 0.116. The zero-order valence-corrected chi connectivity index (χ0v) is 49.3. The van der Waals surface area contributed by atoms with E-state index in [4.69, 9.17) is 0 Å². The van der Waals surface area contributed by atoms with Crippen molar-refractivity contribution in [3.63, 3.8) is 0 Å². The fourth-order valence-electron chi connectivity index (χ4n) is 13.3. The van der Waals surface area contributed by atoms with E-state index in [1.807, 2.05) is 0 Å². The van der Waals surface area contributed by atoms with Crippen molar-refractivity contribution < 1.29 is 0 Å². The first-order chi connectivity index (χ1) is 39.2. The number of nitriles is 1. The summed E-state index contributed by atoms with van der Waals surface area (Å²) in [5, 5.41) is 22.2. The van der Waals surface area contributed by atoms with Gasteiger partial charge in [-0.25, -0.2) is 0 Å². The molecule has 0 saturated carbocycles. The van der Waals surface area contributed by atoms with Gasteiger partial charge in [0.05, 0.1) is 66.9 Å². The number of nitrogens with zero attached hydrogens (tertiary/aromatic N) is 5. The second-order valence-corrected chi connectivity index (χ2v) is 27.0. The lowest BCUT2D eigenvalue weighted by Gasteiger charge is -2.29. The average molecular weight is 1060 g/mol. The van der Waals surface area contributed by atoms with E-state index >= 15 is 0 Å². The smallest absolute Gasteiger partial charge is 0.104 e. The molecule has 0 aliphatic rings. The fraction of sp³-hybridized carbons (Fsp3) is 0.208. The summed E-state index contributed by atoms with van der Waals surface area (Å²) in [6, 6.07) is 77.6. The maximum Gasteiger partial charge on any atom is 0.104 e. The Balaban J connectivity index is 1.34. The zero-order chi connectivity index (χ0) is 56.9. The van der Waals surface area contributed by atoms with Crippen LogP contribution in [0.5, 0.6) is 0 Å². The molecule has 4 heterocycles. The van der Waals surface area contributed by atoms with Gasteiger partial charge in [-0.2, -0.15) is 5.26 Å². The summed E-state index contributed by atoms with van der Waals surface area (Å²) in [6.07, 6.45) is 0. The average Bonchev–Trinajstić information content (AvgIpc) is 2.29. The predicted molar refractivity (Wildman–Crippen MR) is 349 cm³/mol. The summed E-state index contributed by atoms with van der Waals surface area (Å²) in [4.78, 5) is 0. The second-order valence-electron chi connectivity index (χ2n) is 27.0. The third-order valence-electron chi connectivity index (χ3n) is 17.6. The van der Waals surface area contributed by atoms with Crippen LogP contribution in [0.2, 0.25) is 0 Å².